The number of carbonyl (C=O) groups is 1. The SMILES string of the molecule is CCCCC1(C(=O)O)C(C)=NN=C1C. The molecule has 1 N–H and O–H groups in total. The van der Waals surface area contributed by atoms with E-state index in [9.17, 15) is 9.90 Å². The Morgan fingerprint density at radius 1 is 1.36 bits per heavy atom. The maximum Gasteiger partial charge on any atom is 0.321 e. The summed E-state index contributed by atoms with van der Waals surface area (Å²) in [6.45, 7) is 5.52. The molecule has 1 heterocycles. The zero-order chi connectivity index (χ0) is 10.8. The van der Waals surface area contributed by atoms with Gasteiger partial charge >= 0.3 is 5.97 Å². The summed E-state index contributed by atoms with van der Waals surface area (Å²) < 4.78 is 0. The Balaban J connectivity index is 2.98. The number of nitrogens with zero attached hydrogens (tertiary/aromatic N) is 2. The van der Waals surface area contributed by atoms with Gasteiger partial charge < -0.3 is 5.11 Å². The Labute approximate surface area is 83.7 Å². The van der Waals surface area contributed by atoms with Gasteiger partial charge in [-0.2, -0.15) is 10.2 Å². The number of rotatable bonds is 4. The van der Waals surface area contributed by atoms with Crippen LogP contribution in [-0.2, 0) is 4.79 Å². The zero-order valence-corrected chi connectivity index (χ0v) is 8.87. The molecule has 0 aromatic carbocycles. The van der Waals surface area contributed by atoms with Crippen LogP contribution in [0.25, 0.3) is 0 Å². The summed E-state index contributed by atoms with van der Waals surface area (Å²) >= 11 is 0. The first kappa shape index (κ1) is 10.9. The van der Waals surface area contributed by atoms with E-state index in [1.54, 1.807) is 13.8 Å². The molecule has 0 atom stereocenters. The van der Waals surface area contributed by atoms with Crippen LogP contribution in [0.4, 0.5) is 0 Å². The summed E-state index contributed by atoms with van der Waals surface area (Å²) in [4.78, 5) is 11.3. The number of hydrogen-bond donors (Lipinski definition) is 1. The predicted octanol–water partition coefficient (Wildman–Crippen LogP) is 2.10. The molecule has 0 radical (unpaired) electrons. The average Bonchev–Trinajstić information content (AvgIpc) is 2.41. The molecule has 0 amide bonds. The lowest BCUT2D eigenvalue weighted by molar-refractivity contribution is -0.141. The Hall–Kier alpha value is -1.19. The topological polar surface area (TPSA) is 62.0 Å². The van der Waals surface area contributed by atoms with Crippen molar-refractivity contribution >= 4 is 17.4 Å². The fraction of sp³-hybridized carbons (Fsp3) is 0.700. The molecule has 4 heteroatoms. The molecule has 14 heavy (non-hydrogen) atoms. The first-order valence-corrected chi connectivity index (χ1v) is 4.89. The molecule has 0 bridgehead atoms. The second-order valence-electron chi connectivity index (χ2n) is 3.68. The van der Waals surface area contributed by atoms with Gasteiger partial charge in [-0.25, -0.2) is 0 Å². The minimum atomic E-state index is -0.921. The summed E-state index contributed by atoms with van der Waals surface area (Å²) in [5.41, 5.74) is 0.294. The lowest BCUT2D eigenvalue weighted by Gasteiger charge is -2.24. The standard InChI is InChI=1S/C10H16N2O2/c1-4-5-6-10(9(13)14)7(2)11-12-8(10)3/h4-6H2,1-3H3,(H,13,14). The van der Waals surface area contributed by atoms with E-state index in [4.69, 9.17) is 0 Å². The molecule has 78 valence electrons. The highest BCUT2D eigenvalue weighted by molar-refractivity contribution is 6.25. The highest BCUT2D eigenvalue weighted by Crippen LogP contribution is 2.33. The van der Waals surface area contributed by atoms with Gasteiger partial charge in [-0.1, -0.05) is 19.8 Å². The van der Waals surface area contributed by atoms with Crippen molar-refractivity contribution in [3.63, 3.8) is 0 Å². The van der Waals surface area contributed by atoms with Crippen LogP contribution in [0.1, 0.15) is 40.0 Å². The number of hydrogen-bond acceptors (Lipinski definition) is 3. The van der Waals surface area contributed by atoms with Crippen LogP contribution < -0.4 is 0 Å². The van der Waals surface area contributed by atoms with Crippen molar-refractivity contribution in [2.75, 3.05) is 0 Å². The van der Waals surface area contributed by atoms with Crippen LogP contribution in [0.5, 0.6) is 0 Å². The molecule has 1 aliphatic heterocycles. The van der Waals surface area contributed by atoms with Crippen LogP contribution in [0.3, 0.4) is 0 Å². The first-order valence-electron chi connectivity index (χ1n) is 4.89. The molecule has 0 spiro atoms. The summed E-state index contributed by atoms with van der Waals surface area (Å²) in [5.74, 6) is -0.828. The van der Waals surface area contributed by atoms with Crippen LogP contribution >= 0.6 is 0 Å². The molecule has 0 unspecified atom stereocenters. The van der Waals surface area contributed by atoms with Gasteiger partial charge in [0.2, 0.25) is 0 Å². The summed E-state index contributed by atoms with van der Waals surface area (Å²) in [7, 11) is 0. The van der Waals surface area contributed by atoms with Crippen LogP contribution in [0.2, 0.25) is 0 Å². The van der Waals surface area contributed by atoms with Gasteiger partial charge in [0.1, 0.15) is 5.41 Å². The molecule has 1 rings (SSSR count). The van der Waals surface area contributed by atoms with Crippen molar-refractivity contribution in [3.8, 4) is 0 Å². The minimum absolute atomic E-state index is 0.601. The predicted molar refractivity (Wildman–Crippen MR) is 55.8 cm³/mol. The van der Waals surface area contributed by atoms with Gasteiger partial charge in [-0.3, -0.25) is 4.79 Å². The molecular weight excluding hydrogens is 180 g/mol. The van der Waals surface area contributed by atoms with E-state index in [0.717, 1.165) is 12.8 Å². The molecule has 1 aliphatic rings. The second-order valence-corrected chi connectivity index (χ2v) is 3.68. The van der Waals surface area contributed by atoms with E-state index >= 15 is 0 Å². The molecule has 0 aromatic rings. The molecule has 0 saturated heterocycles. The van der Waals surface area contributed by atoms with Crippen molar-refractivity contribution in [3.05, 3.63) is 0 Å². The normalized spacial score (nSPS) is 19.1. The van der Waals surface area contributed by atoms with Crippen molar-refractivity contribution in [1.29, 1.82) is 0 Å². The second kappa shape index (κ2) is 3.90. The van der Waals surface area contributed by atoms with Crippen molar-refractivity contribution in [1.82, 2.24) is 0 Å². The summed E-state index contributed by atoms with van der Waals surface area (Å²) in [6.07, 6.45) is 2.46. The molecular formula is C10H16N2O2. The van der Waals surface area contributed by atoms with E-state index in [2.05, 4.69) is 10.2 Å². The van der Waals surface area contributed by atoms with Crippen molar-refractivity contribution < 1.29 is 9.90 Å². The Kier molecular flexibility index (Phi) is 3.03. The number of carboxylic acid groups (broad SMARTS) is 1. The van der Waals surface area contributed by atoms with E-state index in [1.165, 1.54) is 0 Å². The van der Waals surface area contributed by atoms with Gasteiger partial charge in [0.15, 0.2) is 0 Å². The third-order valence-electron chi connectivity index (χ3n) is 2.86. The quantitative estimate of drug-likeness (QED) is 0.748. The Bertz CT molecular complexity index is 287. The lowest BCUT2D eigenvalue weighted by atomic mass is 9.75. The van der Waals surface area contributed by atoms with E-state index in [0.29, 0.717) is 17.8 Å². The maximum atomic E-state index is 11.3. The van der Waals surface area contributed by atoms with Gasteiger partial charge in [0, 0.05) is 0 Å². The van der Waals surface area contributed by atoms with E-state index < -0.39 is 11.4 Å². The molecule has 0 fully saturated rings. The van der Waals surface area contributed by atoms with Gasteiger partial charge in [0.05, 0.1) is 11.4 Å². The van der Waals surface area contributed by atoms with Gasteiger partial charge in [0.25, 0.3) is 0 Å². The maximum absolute atomic E-state index is 11.3. The number of unbranched alkanes of at least 4 members (excludes halogenated alkanes) is 1. The van der Waals surface area contributed by atoms with Crippen LogP contribution in [0.15, 0.2) is 10.2 Å². The molecule has 4 nitrogen and oxygen atoms in total. The monoisotopic (exact) mass is 196 g/mol. The summed E-state index contributed by atoms with van der Waals surface area (Å²) in [5, 5.41) is 17.0. The van der Waals surface area contributed by atoms with Crippen LogP contribution in [0, 0.1) is 5.41 Å². The fourth-order valence-electron chi connectivity index (χ4n) is 1.80. The Morgan fingerprint density at radius 3 is 2.21 bits per heavy atom. The first-order chi connectivity index (χ1) is 6.55. The minimum Gasteiger partial charge on any atom is -0.480 e. The number of carboxylic acids is 1. The average molecular weight is 196 g/mol. The molecule has 0 saturated carbocycles. The molecule has 0 aromatic heterocycles. The van der Waals surface area contributed by atoms with Crippen molar-refractivity contribution in [2.45, 2.75) is 40.0 Å². The highest BCUT2D eigenvalue weighted by atomic mass is 16.4. The molecule has 0 aliphatic carbocycles. The van der Waals surface area contributed by atoms with Crippen molar-refractivity contribution in [2.24, 2.45) is 15.6 Å². The third kappa shape index (κ3) is 1.45. The largest absolute Gasteiger partial charge is 0.480 e. The highest BCUT2D eigenvalue weighted by Gasteiger charge is 2.46. The number of aliphatic carboxylic acids is 1. The van der Waals surface area contributed by atoms with Crippen LogP contribution in [-0.4, -0.2) is 22.5 Å². The van der Waals surface area contributed by atoms with E-state index in [-0.39, 0.29) is 0 Å². The summed E-state index contributed by atoms with van der Waals surface area (Å²) in [6, 6.07) is 0. The van der Waals surface area contributed by atoms with E-state index in [1.807, 2.05) is 6.92 Å². The zero-order valence-electron chi connectivity index (χ0n) is 8.87. The Morgan fingerprint density at radius 2 is 1.86 bits per heavy atom. The van der Waals surface area contributed by atoms with Gasteiger partial charge in [-0.05, 0) is 20.3 Å². The fourth-order valence-corrected chi connectivity index (χ4v) is 1.80. The smallest absolute Gasteiger partial charge is 0.321 e. The van der Waals surface area contributed by atoms with Gasteiger partial charge in [-0.15, -0.1) is 0 Å². The third-order valence-corrected chi connectivity index (χ3v) is 2.86. The lowest BCUT2D eigenvalue weighted by Crippen LogP contribution is -2.41.